The molecule has 0 fully saturated rings. The summed E-state index contributed by atoms with van der Waals surface area (Å²) < 4.78 is 0. The third-order valence-electron chi connectivity index (χ3n) is 0. The molecule has 0 aromatic carbocycles. The molecule has 0 saturated carbocycles. The number of hydrogen-bond acceptors (Lipinski definition) is 3. The van der Waals surface area contributed by atoms with E-state index in [1.165, 1.54) is 0 Å². The highest BCUT2D eigenvalue weighted by Gasteiger charge is 0.00000346. The fourth-order valence-corrected chi connectivity index (χ4v) is 0. The first kappa shape index (κ1) is 302. The first-order chi connectivity index (χ1) is 0. The summed E-state index contributed by atoms with van der Waals surface area (Å²) in [5.74, 6) is 0. The highest BCUT2D eigenvalue weighted by Crippen LogP contribution is -0.287. The molecular weight excluding hydrogens is 75.0 g/mol. The zero-order valence-corrected chi connectivity index (χ0v) is 3.07. The molecule has 4 heavy (non-hydrogen) atoms. The average Bonchev–Trinajstić information content (AvgIpc) is 0. The molecule has 3 N–H and O–H groups in total. The second-order valence-corrected chi connectivity index (χ2v) is 0. The van der Waals surface area contributed by atoms with Crippen LogP contribution in [0.25, 0.3) is 0 Å². The molecule has 0 saturated heterocycles. The molecule has 0 atom stereocenters. The van der Waals surface area contributed by atoms with Gasteiger partial charge in [-0.2, -0.15) is 0 Å². The Hall–Kier alpha value is 0.412. The lowest BCUT2D eigenvalue weighted by Crippen LogP contribution is -0.381. The highest BCUT2D eigenvalue weighted by atomic mass is 27.0. The monoisotopic (exact) mass is 78.0 g/mol. The van der Waals surface area contributed by atoms with E-state index in [-0.39, 0.29) is 33.8 Å². The Labute approximate surface area is 34.7 Å². The van der Waals surface area contributed by atoms with E-state index < -0.39 is 0 Å². The van der Waals surface area contributed by atoms with E-state index in [0.29, 0.717) is 0 Å². The number of rotatable bonds is 0. The van der Waals surface area contributed by atoms with E-state index in [1.807, 2.05) is 0 Å². The summed E-state index contributed by atoms with van der Waals surface area (Å²) in [6.07, 6.45) is 0. The van der Waals surface area contributed by atoms with Crippen molar-refractivity contribution in [3.05, 3.63) is 0 Å². The Balaban J connectivity index is 0. The molecule has 0 aliphatic heterocycles. The van der Waals surface area contributed by atoms with Gasteiger partial charge in [0.05, 0.1) is 0 Å². The van der Waals surface area contributed by atoms with Crippen LogP contribution in [0.2, 0.25) is 0 Å². The average molecular weight is 78.0 g/mol. The van der Waals surface area contributed by atoms with Crippen molar-refractivity contribution in [3.8, 4) is 0 Å². The maximum absolute atomic E-state index is 0. The zero-order chi connectivity index (χ0) is 0. The van der Waals surface area contributed by atoms with Gasteiger partial charge in [0.25, 0.3) is 0 Å². The minimum absolute atomic E-state index is 0. The third-order valence-corrected chi connectivity index (χ3v) is 0. The van der Waals surface area contributed by atoms with E-state index in [2.05, 4.69) is 0 Å². The molecule has 0 bridgehead atoms. The summed E-state index contributed by atoms with van der Waals surface area (Å²) in [5, 5.41) is 0. The minimum atomic E-state index is 0. The summed E-state index contributed by atoms with van der Waals surface area (Å²) in [6.45, 7) is 0. The Kier molecular flexibility index (Phi) is 8810. The number of hydrogen-bond donors (Lipinski definition) is 0. The first-order valence-electron chi connectivity index (χ1n) is 0. The molecule has 4 heteroatoms. The fourth-order valence-electron chi connectivity index (χ4n) is 0. The van der Waals surface area contributed by atoms with E-state index in [9.17, 15) is 0 Å². The summed E-state index contributed by atoms with van der Waals surface area (Å²) >= 11 is 0. The zero-order valence-electron chi connectivity index (χ0n) is 1.92. The van der Waals surface area contributed by atoms with Crippen LogP contribution in [0.4, 0.5) is 0 Å². The van der Waals surface area contributed by atoms with E-state index >= 15 is 0 Å². The van der Waals surface area contributed by atoms with Crippen molar-refractivity contribution in [2.24, 2.45) is 0 Å². The van der Waals surface area contributed by atoms with Crippen molar-refractivity contribution < 1.29 is 16.4 Å². The van der Waals surface area contributed by atoms with Crippen molar-refractivity contribution in [1.29, 1.82) is 0 Å². The van der Waals surface area contributed by atoms with Crippen LogP contribution in [0, 0.1) is 0 Å². The topological polar surface area (TPSA) is 90.0 Å². The van der Waals surface area contributed by atoms with Gasteiger partial charge in [0.1, 0.15) is 0 Å². The lowest BCUT2D eigenvalue weighted by Gasteiger charge is -0.871. The second-order valence-electron chi connectivity index (χ2n) is 0. The molecule has 0 spiro atoms. The molecule has 0 aromatic heterocycles. The Morgan fingerprint density at radius 3 is 0.500 bits per heavy atom. The molecule has 27 valence electrons. The predicted octanol–water partition coefficient (Wildman–Crippen LogP) is -0.911. The summed E-state index contributed by atoms with van der Waals surface area (Å²) in [7, 11) is 0. The molecule has 0 aliphatic carbocycles. The van der Waals surface area contributed by atoms with Gasteiger partial charge in [0, 0.05) is 17.4 Å². The summed E-state index contributed by atoms with van der Waals surface area (Å²) in [4.78, 5) is 0. The molecule has 0 heterocycles. The molecular formula is H3AlO3-3. The molecule has 0 aromatic rings. The minimum Gasteiger partial charge on any atom is -0.870 e. The SMILES string of the molecule is [Al].[OH-].[OH-].[OH-]. The van der Waals surface area contributed by atoms with Crippen molar-refractivity contribution in [3.63, 3.8) is 0 Å². The van der Waals surface area contributed by atoms with Crippen LogP contribution in [0.1, 0.15) is 0 Å². The van der Waals surface area contributed by atoms with Gasteiger partial charge < -0.3 is 16.4 Å². The lowest BCUT2D eigenvalue weighted by molar-refractivity contribution is 0.823. The van der Waals surface area contributed by atoms with Gasteiger partial charge in [-0.3, -0.25) is 0 Å². The maximum Gasteiger partial charge on any atom is 0 e. The molecule has 3 radical (unpaired) electrons. The maximum atomic E-state index is 0. The lowest BCUT2D eigenvalue weighted by atomic mass is 16.0. The van der Waals surface area contributed by atoms with E-state index in [1.54, 1.807) is 0 Å². The van der Waals surface area contributed by atoms with Crippen LogP contribution in [-0.4, -0.2) is 33.8 Å². The third kappa shape index (κ3) is 28.3. The molecule has 0 unspecified atom stereocenters. The van der Waals surface area contributed by atoms with Gasteiger partial charge in [-0.1, -0.05) is 0 Å². The van der Waals surface area contributed by atoms with E-state index in [4.69, 9.17) is 0 Å². The van der Waals surface area contributed by atoms with Gasteiger partial charge in [-0.25, -0.2) is 0 Å². The van der Waals surface area contributed by atoms with Gasteiger partial charge in [0.15, 0.2) is 0 Å². The summed E-state index contributed by atoms with van der Waals surface area (Å²) in [5.41, 5.74) is 0. The molecule has 0 amide bonds. The molecule has 0 rings (SSSR count). The Morgan fingerprint density at radius 2 is 0.500 bits per heavy atom. The van der Waals surface area contributed by atoms with Crippen molar-refractivity contribution in [2.75, 3.05) is 0 Å². The van der Waals surface area contributed by atoms with Crippen molar-refractivity contribution in [2.45, 2.75) is 0 Å². The van der Waals surface area contributed by atoms with Crippen LogP contribution in [-0.2, 0) is 0 Å². The highest BCUT2D eigenvalue weighted by molar-refractivity contribution is 5.75. The van der Waals surface area contributed by atoms with Crippen LogP contribution in [0.5, 0.6) is 0 Å². The fraction of sp³-hybridized carbons (Fsp3) is 0. The normalized spacial score (nSPS) is 0. The van der Waals surface area contributed by atoms with Crippen LogP contribution in [0.3, 0.4) is 0 Å². The van der Waals surface area contributed by atoms with Crippen LogP contribution >= 0.6 is 0 Å². The Bertz CT molecular complexity index is 3.25. The Morgan fingerprint density at radius 1 is 0.500 bits per heavy atom. The smallest absolute Gasteiger partial charge is 0 e. The van der Waals surface area contributed by atoms with Gasteiger partial charge >= 0.3 is 0 Å². The quantitative estimate of drug-likeness (QED) is 0.351. The van der Waals surface area contributed by atoms with Crippen molar-refractivity contribution >= 4 is 17.4 Å². The molecule has 3 nitrogen and oxygen atoms in total. The standard InChI is InChI=1S/Al.3H2O/h;3*1H2/p-3. The first-order valence-corrected chi connectivity index (χ1v) is 0. The van der Waals surface area contributed by atoms with Gasteiger partial charge in [-0.15, -0.1) is 0 Å². The van der Waals surface area contributed by atoms with Crippen molar-refractivity contribution in [1.82, 2.24) is 0 Å². The largest absolute Gasteiger partial charge is 0.870 e. The second kappa shape index (κ2) is 117. The van der Waals surface area contributed by atoms with E-state index in [0.717, 1.165) is 0 Å². The summed E-state index contributed by atoms with van der Waals surface area (Å²) in [6, 6.07) is 0. The van der Waals surface area contributed by atoms with Gasteiger partial charge in [0.2, 0.25) is 0 Å². The predicted molar refractivity (Wildman–Crippen MR) is 11.6 cm³/mol. The molecule has 0 aliphatic rings. The van der Waals surface area contributed by atoms with Crippen LogP contribution < -0.4 is 0 Å². The van der Waals surface area contributed by atoms with Crippen LogP contribution in [0.15, 0.2) is 0 Å². The van der Waals surface area contributed by atoms with Gasteiger partial charge in [-0.05, 0) is 0 Å².